The Kier molecular flexibility index (Phi) is 4.05. The van der Waals surface area contributed by atoms with Crippen molar-refractivity contribution in [2.75, 3.05) is 24.5 Å². The molecule has 2 saturated heterocycles. The van der Waals surface area contributed by atoms with Gasteiger partial charge < -0.3 is 9.80 Å². The SMILES string of the molecule is CC1(C2CC(N3CCCCC3)C2)CCN(c2ccc3ncsc3c2)C1=O. The van der Waals surface area contributed by atoms with E-state index in [4.69, 9.17) is 0 Å². The van der Waals surface area contributed by atoms with Gasteiger partial charge in [0, 0.05) is 18.3 Å². The maximum Gasteiger partial charge on any atom is 0.233 e. The Labute approximate surface area is 159 Å². The predicted octanol–water partition coefficient (Wildman–Crippen LogP) is 4.30. The zero-order valence-corrected chi connectivity index (χ0v) is 16.3. The summed E-state index contributed by atoms with van der Waals surface area (Å²) >= 11 is 1.64. The number of piperidine rings is 1. The Morgan fingerprint density at radius 3 is 2.77 bits per heavy atom. The van der Waals surface area contributed by atoms with E-state index in [-0.39, 0.29) is 5.41 Å². The molecular weight excluding hydrogens is 342 g/mol. The van der Waals surface area contributed by atoms with Crippen molar-refractivity contribution in [1.82, 2.24) is 9.88 Å². The third-order valence-corrected chi connectivity index (χ3v) is 7.93. The molecule has 3 aliphatic rings. The largest absolute Gasteiger partial charge is 0.312 e. The molecule has 1 unspecified atom stereocenters. The van der Waals surface area contributed by atoms with Crippen LogP contribution in [0.2, 0.25) is 0 Å². The Hall–Kier alpha value is -1.46. The highest BCUT2D eigenvalue weighted by molar-refractivity contribution is 7.16. The van der Waals surface area contributed by atoms with Crippen molar-refractivity contribution in [1.29, 1.82) is 0 Å². The number of likely N-dealkylation sites (tertiary alicyclic amines) is 1. The summed E-state index contributed by atoms with van der Waals surface area (Å²) < 4.78 is 1.16. The van der Waals surface area contributed by atoms with Gasteiger partial charge in [0.25, 0.3) is 0 Å². The number of rotatable bonds is 3. The van der Waals surface area contributed by atoms with E-state index in [0.717, 1.165) is 34.9 Å². The number of benzene rings is 1. The van der Waals surface area contributed by atoms with Gasteiger partial charge in [-0.1, -0.05) is 13.3 Å². The topological polar surface area (TPSA) is 36.4 Å². The molecule has 4 nitrogen and oxygen atoms in total. The van der Waals surface area contributed by atoms with E-state index in [2.05, 4.69) is 28.9 Å². The number of aromatic nitrogens is 1. The van der Waals surface area contributed by atoms with Gasteiger partial charge in [0.15, 0.2) is 0 Å². The summed E-state index contributed by atoms with van der Waals surface area (Å²) in [5, 5.41) is 0. The van der Waals surface area contributed by atoms with Crippen LogP contribution in [-0.2, 0) is 4.79 Å². The van der Waals surface area contributed by atoms with Crippen molar-refractivity contribution in [3.05, 3.63) is 23.7 Å². The van der Waals surface area contributed by atoms with Gasteiger partial charge in [-0.2, -0.15) is 0 Å². The second-order valence-electron chi connectivity index (χ2n) is 8.55. The average Bonchev–Trinajstić information content (AvgIpc) is 3.20. The number of anilines is 1. The first-order valence-corrected chi connectivity index (χ1v) is 10.9. The summed E-state index contributed by atoms with van der Waals surface area (Å²) in [5.41, 5.74) is 3.77. The number of fused-ring (bicyclic) bond motifs is 1. The van der Waals surface area contributed by atoms with Gasteiger partial charge in [0.1, 0.15) is 0 Å². The molecule has 1 aromatic heterocycles. The van der Waals surface area contributed by atoms with Gasteiger partial charge in [-0.05, 0) is 69.3 Å². The normalized spacial score (nSPS) is 33.0. The van der Waals surface area contributed by atoms with Crippen LogP contribution in [0.15, 0.2) is 23.7 Å². The Bertz CT molecular complexity index is 822. The lowest BCUT2D eigenvalue weighted by Crippen LogP contribution is -2.52. The molecule has 1 aromatic carbocycles. The second-order valence-corrected chi connectivity index (χ2v) is 9.43. The minimum atomic E-state index is -0.172. The second kappa shape index (κ2) is 6.31. The molecule has 1 aliphatic carbocycles. The van der Waals surface area contributed by atoms with E-state index in [0.29, 0.717) is 11.8 Å². The molecule has 0 spiro atoms. The van der Waals surface area contributed by atoms with Crippen LogP contribution >= 0.6 is 11.3 Å². The van der Waals surface area contributed by atoms with E-state index < -0.39 is 0 Å². The molecule has 0 bridgehead atoms. The van der Waals surface area contributed by atoms with Gasteiger partial charge in [-0.25, -0.2) is 4.98 Å². The molecule has 3 heterocycles. The summed E-state index contributed by atoms with van der Waals surface area (Å²) in [5.74, 6) is 0.891. The lowest BCUT2D eigenvalue weighted by molar-refractivity contribution is -0.131. The molecule has 5 rings (SSSR count). The van der Waals surface area contributed by atoms with E-state index >= 15 is 0 Å². The molecule has 3 fully saturated rings. The molecule has 1 atom stereocenters. The predicted molar refractivity (Wildman–Crippen MR) is 107 cm³/mol. The lowest BCUT2D eigenvalue weighted by Gasteiger charge is -2.49. The van der Waals surface area contributed by atoms with Crippen LogP contribution in [0.4, 0.5) is 5.69 Å². The van der Waals surface area contributed by atoms with Gasteiger partial charge >= 0.3 is 0 Å². The van der Waals surface area contributed by atoms with Crippen LogP contribution in [0.25, 0.3) is 10.2 Å². The molecular formula is C21H27N3OS. The molecule has 0 N–H and O–H groups in total. The molecule has 1 amide bonds. The van der Waals surface area contributed by atoms with Crippen molar-refractivity contribution in [2.24, 2.45) is 11.3 Å². The summed E-state index contributed by atoms with van der Waals surface area (Å²) in [6.45, 7) is 5.61. The number of hydrogen-bond acceptors (Lipinski definition) is 4. The van der Waals surface area contributed by atoms with Crippen LogP contribution in [0, 0.1) is 11.3 Å². The fraction of sp³-hybridized carbons (Fsp3) is 0.619. The molecule has 5 heteroatoms. The molecule has 2 aliphatic heterocycles. The molecule has 1 saturated carbocycles. The van der Waals surface area contributed by atoms with Crippen molar-refractivity contribution < 1.29 is 4.79 Å². The zero-order valence-electron chi connectivity index (χ0n) is 15.5. The van der Waals surface area contributed by atoms with Crippen LogP contribution in [0.3, 0.4) is 0 Å². The maximum atomic E-state index is 13.3. The monoisotopic (exact) mass is 369 g/mol. The Balaban J connectivity index is 1.29. The average molecular weight is 370 g/mol. The van der Waals surface area contributed by atoms with Gasteiger partial charge in [0.05, 0.1) is 21.1 Å². The van der Waals surface area contributed by atoms with E-state index in [1.807, 2.05) is 16.5 Å². The van der Waals surface area contributed by atoms with Crippen LogP contribution in [0.5, 0.6) is 0 Å². The number of nitrogens with zero attached hydrogens (tertiary/aromatic N) is 3. The summed E-state index contributed by atoms with van der Waals surface area (Å²) in [7, 11) is 0. The summed E-state index contributed by atoms with van der Waals surface area (Å²) in [6, 6.07) is 6.96. The number of carbonyl (C=O) groups excluding carboxylic acids is 1. The van der Waals surface area contributed by atoms with Crippen molar-refractivity contribution in [3.8, 4) is 0 Å². The standard InChI is InChI=1S/C21H27N3OS/c1-21(15-11-17(12-15)23-8-3-2-4-9-23)7-10-24(20(21)25)16-5-6-18-19(13-16)26-14-22-18/h5-6,13-15,17H,2-4,7-12H2,1H3. The molecule has 2 aromatic rings. The lowest BCUT2D eigenvalue weighted by atomic mass is 9.62. The molecule has 0 radical (unpaired) electrons. The van der Waals surface area contributed by atoms with Gasteiger partial charge in [-0.15, -0.1) is 11.3 Å². The van der Waals surface area contributed by atoms with Crippen molar-refractivity contribution in [2.45, 2.75) is 51.5 Å². The highest BCUT2D eigenvalue weighted by Gasteiger charge is 2.53. The Morgan fingerprint density at radius 2 is 1.96 bits per heavy atom. The van der Waals surface area contributed by atoms with Crippen molar-refractivity contribution >= 4 is 33.1 Å². The van der Waals surface area contributed by atoms with E-state index in [9.17, 15) is 4.79 Å². The molecule has 26 heavy (non-hydrogen) atoms. The summed E-state index contributed by atoms with van der Waals surface area (Å²) in [6.07, 6.45) is 7.51. The maximum absolute atomic E-state index is 13.3. The quantitative estimate of drug-likeness (QED) is 0.809. The number of thiazole rings is 1. The van der Waals surface area contributed by atoms with Crippen LogP contribution < -0.4 is 4.90 Å². The van der Waals surface area contributed by atoms with Gasteiger partial charge in [-0.3, -0.25) is 4.79 Å². The minimum Gasteiger partial charge on any atom is -0.312 e. The zero-order chi connectivity index (χ0) is 17.7. The van der Waals surface area contributed by atoms with Crippen LogP contribution in [0.1, 0.15) is 45.4 Å². The molecule has 138 valence electrons. The first-order chi connectivity index (χ1) is 12.6. The number of amides is 1. The van der Waals surface area contributed by atoms with E-state index in [1.165, 1.54) is 45.2 Å². The van der Waals surface area contributed by atoms with Crippen LogP contribution in [-0.4, -0.2) is 41.5 Å². The van der Waals surface area contributed by atoms with E-state index in [1.54, 1.807) is 11.3 Å². The number of carbonyl (C=O) groups is 1. The minimum absolute atomic E-state index is 0.172. The highest BCUT2D eigenvalue weighted by Crippen LogP contribution is 2.50. The third kappa shape index (κ3) is 2.59. The summed E-state index contributed by atoms with van der Waals surface area (Å²) in [4.78, 5) is 22.4. The fourth-order valence-electron chi connectivity index (χ4n) is 5.19. The number of hydrogen-bond donors (Lipinski definition) is 0. The van der Waals surface area contributed by atoms with Crippen molar-refractivity contribution in [3.63, 3.8) is 0 Å². The highest BCUT2D eigenvalue weighted by atomic mass is 32.1. The Morgan fingerprint density at radius 1 is 1.15 bits per heavy atom. The first-order valence-electron chi connectivity index (χ1n) is 10.0. The van der Waals surface area contributed by atoms with Gasteiger partial charge in [0.2, 0.25) is 5.91 Å². The first kappa shape index (κ1) is 16.7. The fourth-order valence-corrected chi connectivity index (χ4v) is 5.90. The smallest absolute Gasteiger partial charge is 0.233 e. The third-order valence-electron chi connectivity index (χ3n) is 7.14.